The molecular formula is C10H17NO2. The lowest BCUT2D eigenvalue weighted by molar-refractivity contribution is -0.133. The molecule has 0 spiro atoms. The molecule has 3 heteroatoms. The van der Waals surface area contributed by atoms with Gasteiger partial charge in [-0.05, 0) is 27.2 Å². The molecule has 0 bridgehead atoms. The van der Waals surface area contributed by atoms with Gasteiger partial charge < -0.3 is 4.90 Å². The van der Waals surface area contributed by atoms with Crippen molar-refractivity contribution in [2.24, 2.45) is 11.8 Å². The van der Waals surface area contributed by atoms with Gasteiger partial charge in [0.2, 0.25) is 5.91 Å². The Hall–Kier alpha value is -0.860. The van der Waals surface area contributed by atoms with E-state index < -0.39 is 0 Å². The minimum atomic E-state index is -0.00241. The van der Waals surface area contributed by atoms with Crippen molar-refractivity contribution in [2.75, 3.05) is 13.1 Å². The van der Waals surface area contributed by atoms with Crippen molar-refractivity contribution in [3.8, 4) is 0 Å². The number of amides is 1. The molecular weight excluding hydrogens is 166 g/mol. The molecule has 0 aromatic rings. The number of hydrogen-bond donors (Lipinski definition) is 0. The van der Waals surface area contributed by atoms with Crippen molar-refractivity contribution in [1.82, 2.24) is 4.90 Å². The number of nitrogens with zero attached hydrogens (tertiary/aromatic N) is 1. The van der Waals surface area contributed by atoms with E-state index in [2.05, 4.69) is 0 Å². The highest BCUT2D eigenvalue weighted by Gasteiger charge is 2.47. The second-order valence-electron chi connectivity index (χ2n) is 3.57. The molecule has 1 amide bonds. The van der Waals surface area contributed by atoms with Crippen molar-refractivity contribution < 1.29 is 9.59 Å². The van der Waals surface area contributed by atoms with E-state index in [1.807, 2.05) is 13.8 Å². The maximum Gasteiger partial charge on any atom is 0.226 e. The molecule has 0 unspecified atom stereocenters. The van der Waals surface area contributed by atoms with Crippen LogP contribution in [-0.4, -0.2) is 29.7 Å². The lowest BCUT2D eigenvalue weighted by atomic mass is 10.2. The molecule has 0 aliphatic heterocycles. The number of Topliss-reactive ketones (excluding diaryl/α,β-unsaturated/α-hetero) is 1. The minimum absolute atomic E-state index is 0.00241. The van der Waals surface area contributed by atoms with Crippen molar-refractivity contribution in [1.29, 1.82) is 0 Å². The Balaban J connectivity index is 2.46. The van der Waals surface area contributed by atoms with Crippen LogP contribution in [0.15, 0.2) is 0 Å². The molecule has 0 aromatic heterocycles. The summed E-state index contributed by atoms with van der Waals surface area (Å²) in [5, 5.41) is 0. The average molecular weight is 183 g/mol. The van der Waals surface area contributed by atoms with E-state index in [0.29, 0.717) is 0 Å². The van der Waals surface area contributed by atoms with Crippen LogP contribution in [0.5, 0.6) is 0 Å². The summed E-state index contributed by atoms with van der Waals surface area (Å²) in [6.07, 6.45) is 0.769. The largest absolute Gasteiger partial charge is 0.343 e. The number of carbonyl (C=O) groups is 2. The van der Waals surface area contributed by atoms with Crippen LogP contribution in [0.2, 0.25) is 0 Å². The molecule has 0 aromatic carbocycles. The molecule has 1 fully saturated rings. The molecule has 1 saturated carbocycles. The summed E-state index contributed by atoms with van der Waals surface area (Å²) in [5.74, 6) is 0.334. The standard InChI is InChI=1S/C10H17NO2/c1-4-11(5-2)10(13)9-6-8(9)7(3)12/h8-9H,4-6H2,1-3H3/t8-,9+/m0/s1. The quantitative estimate of drug-likeness (QED) is 0.654. The van der Waals surface area contributed by atoms with Crippen LogP contribution in [0.1, 0.15) is 27.2 Å². The van der Waals surface area contributed by atoms with Gasteiger partial charge in [-0.1, -0.05) is 0 Å². The summed E-state index contributed by atoms with van der Waals surface area (Å²) in [7, 11) is 0. The number of carbonyl (C=O) groups excluding carboxylic acids is 2. The molecule has 74 valence electrons. The fourth-order valence-corrected chi connectivity index (χ4v) is 1.69. The van der Waals surface area contributed by atoms with Gasteiger partial charge in [0.25, 0.3) is 0 Å². The zero-order valence-corrected chi connectivity index (χ0v) is 8.54. The summed E-state index contributed by atoms with van der Waals surface area (Å²) in [6.45, 7) is 6.99. The second kappa shape index (κ2) is 3.90. The fourth-order valence-electron chi connectivity index (χ4n) is 1.69. The molecule has 13 heavy (non-hydrogen) atoms. The van der Waals surface area contributed by atoms with Gasteiger partial charge in [0.1, 0.15) is 5.78 Å². The van der Waals surface area contributed by atoms with Crippen molar-refractivity contribution >= 4 is 11.7 Å². The topological polar surface area (TPSA) is 37.4 Å². The minimum Gasteiger partial charge on any atom is -0.343 e. The monoisotopic (exact) mass is 183 g/mol. The number of ketones is 1. The second-order valence-corrected chi connectivity index (χ2v) is 3.57. The van der Waals surface area contributed by atoms with Gasteiger partial charge in [0.15, 0.2) is 0 Å². The Bertz CT molecular complexity index is 221. The molecule has 0 N–H and O–H groups in total. The molecule has 1 rings (SSSR count). The Kier molecular flexibility index (Phi) is 3.07. The van der Waals surface area contributed by atoms with Crippen LogP contribution < -0.4 is 0 Å². The zero-order valence-electron chi connectivity index (χ0n) is 8.54. The van der Waals surface area contributed by atoms with E-state index in [9.17, 15) is 9.59 Å². The molecule has 2 atom stereocenters. The first-order valence-electron chi connectivity index (χ1n) is 4.91. The van der Waals surface area contributed by atoms with Crippen LogP contribution in [0.25, 0.3) is 0 Å². The first-order valence-corrected chi connectivity index (χ1v) is 4.91. The third kappa shape index (κ3) is 2.08. The third-order valence-corrected chi connectivity index (χ3v) is 2.70. The number of rotatable bonds is 4. The summed E-state index contributed by atoms with van der Waals surface area (Å²) >= 11 is 0. The van der Waals surface area contributed by atoms with Gasteiger partial charge in [0.05, 0.1) is 0 Å². The highest BCUT2D eigenvalue weighted by Crippen LogP contribution is 2.40. The molecule has 1 aliphatic carbocycles. The Morgan fingerprint density at radius 1 is 1.23 bits per heavy atom. The van der Waals surface area contributed by atoms with Gasteiger partial charge in [-0.2, -0.15) is 0 Å². The van der Waals surface area contributed by atoms with Crippen LogP contribution in [0.3, 0.4) is 0 Å². The lowest BCUT2D eigenvalue weighted by Gasteiger charge is -2.18. The van der Waals surface area contributed by atoms with Crippen LogP contribution >= 0.6 is 0 Å². The first-order chi connectivity index (χ1) is 6.11. The van der Waals surface area contributed by atoms with Gasteiger partial charge in [-0.3, -0.25) is 9.59 Å². The summed E-state index contributed by atoms with van der Waals surface area (Å²) < 4.78 is 0. The molecule has 0 heterocycles. The maximum atomic E-state index is 11.7. The number of hydrogen-bond acceptors (Lipinski definition) is 2. The zero-order chi connectivity index (χ0) is 10.0. The van der Waals surface area contributed by atoms with Gasteiger partial charge in [-0.15, -0.1) is 0 Å². The van der Waals surface area contributed by atoms with Crippen LogP contribution in [0, 0.1) is 11.8 Å². The molecule has 0 radical (unpaired) electrons. The first kappa shape index (κ1) is 10.2. The summed E-state index contributed by atoms with van der Waals surface area (Å²) in [6, 6.07) is 0. The van der Waals surface area contributed by atoms with Crippen molar-refractivity contribution in [3.05, 3.63) is 0 Å². The highest BCUT2D eigenvalue weighted by molar-refractivity contribution is 5.92. The molecule has 1 aliphatic rings. The third-order valence-electron chi connectivity index (χ3n) is 2.70. The highest BCUT2D eigenvalue weighted by atomic mass is 16.2. The lowest BCUT2D eigenvalue weighted by Crippen LogP contribution is -2.32. The van der Waals surface area contributed by atoms with E-state index in [1.165, 1.54) is 0 Å². The smallest absolute Gasteiger partial charge is 0.226 e. The van der Waals surface area contributed by atoms with E-state index >= 15 is 0 Å². The Labute approximate surface area is 79.1 Å². The molecule has 0 saturated heterocycles. The van der Waals surface area contributed by atoms with Crippen molar-refractivity contribution in [3.63, 3.8) is 0 Å². The van der Waals surface area contributed by atoms with E-state index in [4.69, 9.17) is 0 Å². The summed E-state index contributed by atoms with van der Waals surface area (Å²) in [5.41, 5.74) is 0. The normalized spacial score (nSPS) is 25.5. The van der Waals surface area contributed by atoms with Gasteiger partial charge in [0, 0.05) is 24.9 Å². The van der Waals surface area contributed by atoms with E-state index in [0.717, 1.165) is 19.5 Å². The summed E-state index contributed by atoms with van der Waals surface area (Å²) in [4.78, 5) is 24.4. The molecule has 3 nitrogen and oxygen atoms in total. The van der Waals surface area contributed by atoms with Crippen LogP contribution in [0.4, 0.5) is 0 Å². The van der Waals surface area contributed by atoms with Gasteiger partial charge in [-0.25, -0.2) is 0 Å². The average Bonchev–Trinajstić information content (AvgIpc) is 2.84. The predicted octanol–water partition coefficient (Wildman–Crippen LogP) is 1.08. The SMILES string of the molecule is CCN(CC)C(=O)[C@@H]1C[C@H]1C(C)=O. The van der Waals surface area contributed by atoms with Gasteiger partial charge >= 0.3 is 0 Å². The Morgan fingerprint density at radius 2 is 1.77 bits per heavy atom. The van der Waals surface area contributed by atoms with E-state index in [-0.39, 0.29) is 23.5 Å². The van der Waals surface area contributed by atoms with E-state index in [1.54, 1.807) is 11.8 Å². The van der Waals surface area contributed by atoms with Crippen molar-refractivity contribution in [2.45, 2.75) is 27.2 Å². The maximum absolute atomic E-state index is 11.7. The predicted molar refractivity (Wildman–Crippen MR) is 50.2 cm³/mol. The fraction of sp³-hybridized carbons (Fsp3) is 0.800. The Morgan fingerprint density at radius 3 is 2.08 bits per heavy atom. The van der Waals surface area contributed by atoms with Crippen LogP contribution in [-0.2, 0) is 9.59 Å².